The minimum atomic E-state index is -1.73. The van der Waals surface area contributed by atoms with Crippen molar-refractivity contribution in [1.82, 2.24) is 5.32 Å². The Balaban J connectivity index is 0.000000344. The summed E-state index contributed by atoms with van der Waals surface area (Å²) >= 11 is 0. The van der Waals surface area contributed by atoms with Gasteiger partial charge in [0.2, 0.25) is 0 Å². The molecule has 0 amide bonds. The lowest BCUT2D eigenvalue weighted by atomic mass is 10.3. The summed E-state index contributed by atoms with van der Waals surface area (Å²) in [5.74, 6) is 0. The first-order valence-electron chi connectivity index (χ1n) is 5.40. The second kappa shape index (κ2) is 11.1. The van der Waals surface area contributed by atoms with Gasteiger partial charge in [0.15, 0.2) is 0 Å². The Labute approximate surface area is 88.9 Å². The molecule has 1 aliphatic heterocycles. The van der Waals surface area contributed by atoms with E-state index in [9.17, 15) is 0 Å². The van der Waals surface area contributed by atoms with Crippen LogP contribution >= 0.6 is 0 Å². The van der Waals surface area contributed by atoms with Crippen molar-refractivity contribution in [3.63, 3.8) is 0 Å². The molecule has 0 unspecified atom stereocenters. The molecule has 0 spiro atoms. The van der Waals surface area contributed by atoms with Gasteiger partial charge < -0.3 is 18.6 Å². The summed E-state index contributed by atoms with van der Waals surface area (Å²) in [6.07, 6.45) is 1.39. The van der Waals surface area contributed by atoms with Crippen LogP contribution in [-0.4, -0.2) is 42.4 Å². The van der Waals surface area contributed by atoms with E-state index in [2.05, 4.69) is 5.32 Å². The maximum Gasteiger partial charge on any atom is 0.484 e. The van der Waals surface area contributed by atoms with Gasteiger partial charge in [-0.05, 0) is 40.3 Å². The third kappa shape index (κ3) is 8.65. The Kier molecular flexibility index (Phi) is 11.2. The third-order valence-corrected chi connectivity index (χ3v) is 3.43. The lowest BCUT2D eigenvalue weighted by Crippen LogP contribution is -2.29. The number of hydrogen-bond acceptors (Lipinski definition) is 4. The maximum atomic E-state index is 5.22. The molecule has 0 saturated carbocycles. The topological polar surface area (TPSA) is 39.7 Å². The summed E-state index contributed by atoms with van der Waals surface area (Å²) < 4.78 is 15.7. The average molecular weight is 221 g/mol. The fourth-order valence-corrected chi connectivity index (χ4v) is 1.83. The van der Waals surface area contributed by atoms with Gasteiger partial charge in [-0.15, -0.1) is 0 Å². The SMILES string of the molecule is C1CNC1.CCO[SiH](OCC)OCC. The number of hydrogen-bond donors (Lipinski definition) is 1. The van der Waals surface area contributed by atoms with E-state index in [1.54, 1.807) is 0 Å². The van der Waals surface area contributed by atoms with Gasteiger partial charge in [0.1, 0.15) is 0 Å². The molecule has 0 aromatic carbocycles. The lowest BCUT2D eigenvalue weighted by Gasteiger charge is -2.12. The smallest absolute Gasteiger partial charge is 0.376 e. The van der Waals surface area contributed by atoms with Crippen LogP contribution in [0.1, 0.15) is 27.2 Å². The van der Waals surface area contributed by atoms with Crippen molar-refractivity contribution in [2.75, 3.05) is 32.9 Å². The highest BCUT2D eigenvalue weighted by molar-refractivity contribution is 6.36. The van der Waals surface area contributed by atoms with Crippen molar-refractivity contribution >= 4 is 9.53 Å². The zero-order valence-electron chi connectivity index (χ0n) is 9.54. The molecule has 0 aliphatic carbocycles. The molecule has 1 aliphatic rings. The summed E-state index contributed by atoms with van der Waals surface area (Å²) in [7, 11) is -1.73. The summed E-state index contributed by atoms with van der Waals surface area (Å²) in [6, 6.07) is 0. The van der Waals surface area contributed by atoms with Crippen LogP contribution in [0.3, 0.4) is 0 Å². The summed E-state index contributed by atoms with van der Waals surface area (Å²) in [4.78, 5) is 0. The van der Waals surface area contributed by atoms with Crippen LogP contribution in [0.4, 0.5) is 0 Å². The number of nitrogens with one attached hydrogen (secondary N) is 1. The van der Waals surface area contributed by atoms with Gasteiger partial charge >= 0.3 is 9.53 Å². The molecule has 0 bridgehead atoms. The predicted octanol–water partition coefficient (Wildman–Crippen LogP) is 0.793. The van der Waals surface area contributed by atoms with Crippen molar-refractivity contribution in [2.24, 2.45) is 0 Å². The van der Waals surface area contributed by atoms with Crippen LogP contribution in [0, 0.1) is 0 Å². The van der Waals surface area contributed by atoms with Crippen molar-refractivity contribution in [1.29, 1.82) is 0 Å². The van der Waals surface area contributed by atoms with Crippen molar-refractivity contribution < 1.29 is 13.3 Å². The molecule has 1 rings (SSSR count). The van der Waals surface area contributed by atoms with Crippen LogP contribution in [0.5, 0.6) is 0 Å². The average Bonchev–Trinajstić information content (AvgIpc) is 2.02. The maximum absolute atomic E-state index is 5.22. The first-order valence-corrected chi connectivity index (χ1v) is 6.82. The molecule has 0 aromatic heterocycles. The monoisotopic (exact) mass is 221 g/mol. The van der Waals surface area contributed by atoms with E-state index in [4.69, 9.17) is 13.3 Å². The summed E-state index contributed by atoms with van der Waals surface area (Å²) in [5, 5.41) is 3.11. The van der Waals surface area contributed by atoms with E-state index in [1.165, 1.54) is 19.5 Å². The molecule has 0 aromatic rings. The first-order chi connectivity index (χ1) is 6.85. The van der Waals surface area contributed by atoms with Gasteiger partial charge in [-0.25, -0.2) is 0 Å². The zero-order chi connectivity index (χ0) is 10.6. The Morgan fingerprint density at radius 3 is 1.36 bits per heavy atom. The molecule has 1 saturated heterocycles. The van der Waals surface area contributed by atoms with Gasteiger partial charge in [0.05, 0.1) is 0 Å². The molecule has 1 heterocycles. The molecule has 1 N–H and O–H groups in total. The van der Waals surface area contributed by atoms with E-state index in [0.717, 1.165) is 0 Å². The van der Waals surface area contributed by atoms with Gasteiger partial charge in [-0.1, -0.05) is 0 Å². The minimum absolute atomic E-state index is 0.677. The van der Waals surface area contributed by atoms with Gasteiger partial charge in [-0.3, -0.25) is 0 Å². The van der Waals surface area contributed by atoms with E-state index in [1.807, 2.05) is 20.8 Å². The van der Waals surface area contributed by atoms with Crippen LogP contribution in [0.25, 0.3) is 0 Å². The Hall–Kier alpha value is 0.0569. The fourth-order valence-electron chi connectivity index (χ4n) is 0.729. The Morgan fingerprint density at radius 1 is 0.929 bits per heavy atom. The van der Waals surface area contributed by atoms with E-state index >= 15 is 0 Å². The van der Waals surface area contributed by atoms with Crippen molar-refractivity contribution in [3.8, 4) is 0 Å². The Bertz CT molecular complexity index is 94.0. The Morgan fingerprint density at radius 2 is 1.21 bits per heavy atom. The first kappa shape index (κ1) is 14.1. The second-order valence-electron chi connectivity index (χ2n) is 2.76. The van der Waals surface area contributed by atoms with Crippen molar-refractivity contribution in [2.45, 2.75) is 27.2 Å². The van der Waals surface area contributed by atoms with Gasteiger partial charge in [0.25, 0.3) is 0 Å². The molecule has 0 radical (unpaired) electrons. The third-order valence-electron chi connectivity index (χ3n) is 1.62. The van der Waals surface area contributed by atoms with Crippen molar-refractivity contribution in [3.05, 3.63) is 0 Å². The largest absolute Gasteiger partial charge is 0.484 e. The van der Waals surface area contributed by atoms with Gasteiger partial charge in [-0.2, -0.15) is 0 Å². The van der Waals surface area contributed by atoms with Crippen LogP contribution < -0.4 is 5.32 Å². The van der Waals surface area contributed by atoms with E-state index in [0.29, 0.717) is 19.8 Å². The number of rotatable bonds is 6. The molecule has 86 valence electrons. The van der Waals surface area contributed by atoms with E-state index < -0.39 is 9.53 Å². The van der Waals surface area contributed by atoms with Crippen LogP contribution in [-0.2, 0) is 13.3 Å². The highest BCUT2D eigenvalue weighted by Gasteiger charge is 2.11. The lowest BCUT2D eigenvalue weighted by molar-refractivity contribution is 0.107. The normalized spacial score (nSPS) is 14.6. The quantitative estimate of drug-likeness (QED) is 0.673. The molecular weight excluding hydrogens is 198 g/mol. The molecule has 1 fully saturated rings. The highest BCUT2D eigenvalue weighted by Crippen LogP contribution is 1.91. The summed E-state index contributed by atoms with van der Waals surface area (Å²) in [6.45, 7) is 10.4. The van der Waals surface area contributed by atoms with Gasteiger partial charge in [0, 0.05) is 19.8 Å². The summed E-state index contributed by atoms with van der Waals surface area (Å²) in [5.41, 5.74) is 0. The molecule has 4 nitrogen and oxygen atoms in total. The predicted molar refractivity (Wildman–Crippen MR) is 59.5 cm³/mol. The standard InChI is InChI=1S/C6H16O3Si.C3H7N/c1-4-7-10(8-5-2)9-6-3;1-2-4-3-1/h10H,4-6H2,1-3H3;4H,1-3H2. The second-order valence-corrected chi connectivity index (χ2v) is 4.34. The minimum Gasteiger partial charge on any atom is -0.376 e. The molecular formula is C9H23NO3Si. The van der Waals surface area contributed by atoms with E-state index in [-0.39, 0.29) is 0 Å². The molecule has 14 heavy (non-hydrogen) atoms. The fraction of sp³-hybridized carbons (Fsp3) is 1.00. The van der Waals surface area contributed by atoms with Crippen LogP contribution in [0.2, 0.25) is 0 Å². The van der Waals surface area contributed by atoms with Crippen LogP contribution in [0.15, 0.2) is 0 Å². The molecule has 0 atom stereocenters. The highest BCUT2D eigenvalue weighted by atomic mass is 28.3. The zero-order valence-corrected chi connectivity index (χ0v) is 10.7. The molecule has 5 heteroatoms.